The third kappa shape index (κ3) is 4.29. The summed E-state index contributed by atoms with van der Waals surface area (Å²) in [5, 5.41) is 7.66. The number of aromatic nitrogens is 3. The molecule has 0 aliphatic carbocycles. The summed E-state index contributed by atoms with van der Waals surface area (Å²) in [6.45, 7) is 5.42. The molecule has 1 atom stereocenters. The summed E-state index contributed by atoms with van der Waals surface area (Å²) in [6, 6.07) is 7.68. The van der Waals surface area contributed by atoms with Gasteiger partial charge in [-0.2, -0.15) is 5.10 Å². The van der Waals surface area contributed by atoms with E-state index in [-0.39, 0.29) is 5.91 Å². The highest BCUT2D eigenvalue weighted by Gasteiger charge is 2.22. The van der Waals surface area contributed by atoms with Gasteiger partial charge in [-0.3, -0.25) is 9.59 Å². The van der Waals surface area contributed by atoms with E-state index < -0.39 is 11.6 Å². The van der Waals surface area contributed by atoms with E-state index in [0.29, 0.717) is 22.3 Å². The maximum atomic E-state index is 12.7. The Hall–Kier alpha value is -3.20. The largest absolute Gasteiger partial charge is 0.497 e. The quantitative estimate of drug-likeness (QED) is 0.666. The van der Waals surface area contributed by atoms with E-state index in [2.05, 4.69) is 15.4 Å². The highest BCUT2D eigenvalue weighted by molar-refractivity contribution is 7.15. The number of amides is 1. The third-order valence-corrected chi connectivity index (χ3v) is 5.50. The van der Waals surface area contributed by atoms with Gasteiger partial charge < -0.3 is 14.8 Å². The number of hydrogen-bond donors (Lipinski definition) is 1. The average molecular weight is 414 g/mol. The molecule has 9 heteroatoms. The first-order valence-electron chi connectivity index (χ1n) is 8.91. The van der Waals surface area contributed by atoms with E-state index in [4.69, 9.17) is 9.47 Å². The Kier molecular flexibility index (Phi) is 5.97. The molecule has 0 saturated heterocycles. The molecule has 29 heavy (non-hydrogen) atoms. The van der Waals surface area contributed by atoms with Crippen molar-refractivity contribution in [2.24, 2.45) is 0 Å². The van der Waals surface area contributed by atoms with Crippen molar-refractivity contribution in [3.05, 3.63) is 51.3 Å². The molecule has 1 N–H and O–H groups in total. The predicted molar refractivity (Wildman–Crippen MR) is 112 cm³/mol. The highest BCUT2D eigenvalue weighted by Crippen LogP contribution is 2.28. The normalized spacial score (nSPS) is 11.8. The molecular formula is C20H22N4O4S. The maximum absolute atomic E-state index is 12.7. The standard InChI is InChI=1S/C20H22N4O4S/c1-11-13(3)29-20(21-11)22-19(26)12(2)24-17(25)10-16(28-5)18(23-24)14-6-8-15(27-4)9-7-14/h6-10,12H,1-5H3,(H,21,22,26). The van der Waals surface area contributed by atoms with Crippen LogP contribution in [0.3, 0.4) is 0 Å². The molecule has 2 heterocycles. The van der Waals surface area contributed by atoms with Gasteiger partial charge in [0, 0.05) is 16.5 Å². The lowest BCUT2D eigenvalue weighted by Crippen LogP contribution is -2.33. The zero-order valence-electron chi connectivity index (χ0n) is 16.8. The molecule has 0 aliphatic heterocycles. The minimum atomic E-state index is -0.838. The summed E-state index contributed by atoms with van der Waals surface area (Å²) in [5.74, 6) is 0.650. The first-order chi connectivity index (χ1) is 13.8. The number of methoxy groups -OCH3 is 2. The summed E-state index contributed by atoms with van der Waals surface area (Å²) in [7, 11) is 3.05. The van der Waals surface area contributed by atoms with Crippen molar-refractivity contribution in [1.29, 1.82) is 0 Å². The molecule has 0 saturated carbocycles. The van der Waals surface area contributed by atoms with Gasteiger partial charge in [0.1, 0.15) is 17.5 Å². The molecule has 0 bridgehead atoms. The van der Waals surface area contributed by atoms with E-state index in [9.17, 15) is 9.59 Å². The van der Waals surface area contributed by atoms with Crippen molar-refractivity contribution in [2.45, 2.75) is 26.8 Å². The second kappa shape index (κ2) is 8.44. The Balaban J connectivity index is 1.95. The second-order valence-corrected chi connectivity index (χ2v) is 7.60. The zero-order valence-corrected chi connectivity index (χ0v) is 17.7. The molecule has 152 valence electrons. The second-order valence-electron chi connectivity index (χ2n) is 6.40. The predicted octanol–water partition coefficient (Wildman–Crippen LogP) is 3.20. The summed E-state index contributed by atoms with van der Waals surface area (Å²) < 4.78 is 11.6. The van der Waals surface area contributed by atoms with Crippen LogP contribution in [-0.4, -0.2) is 34.9 Å². The first-order valence-corrected chi connectivity index (χ1v) is 9.73. The molecule has 1 aromatic carbocycles. The molecule has 0 aliphatic rings. The molecule has 0 fully saturated rings. The van der Waals surface area contributed by atoms with E-state index >= 15 is 0 Å². The Labute approximate surface area is 172 Å². The van der Waals surface area contributed by atoms with Crippen LogP contribution < -0.4 is 20.3 Å². The number of carbonyl (C=O) groups excluding carboxylic acids is 1. The van der Waals surface area contributed by atoms with Crippen molar-refractivity contribution in [2.75, 3.05) is 19.5 Å². The summed E-state index contributed by atoms with van der Waals surface area (Å²) in [5.41, 5.74) is 1.61. The van der Waals surface area contributed by atoms with Gasteiger partial charge in [0.15, 0.2) is 10.9 Å². The molecule has 3 aromatic rings. The smallest absolute Gasteiger partial charge is 0.271 e. The van der Waals surface area contributed by atoms with Gasteiger partial charge in [0.2, 0.25) is 0 Å². The Bertz CT molecular complexity index is 1070. The van der Waals surface area contributed by atoms with Gasteiger partial charge in [-0.05, 0) is 45.0 Å². The summed E-state index contributed by atoms with van der Waals surface area (Å²) >= 11 is 1.39. The molecule has 3 rings (SSSR count). The Morgan fingerprint density at radius 2 is 1.86 bits per heavy atom. The van der Waals surface area contributed by atoms with Crippen LogP contribution in [-0.2, 0) is 4.79 Å². The molecular weight excluding hydrogens is 392 g/mol. The lowest BCUT2D eigenvalue weighted by atomic mass is 10.1. The lowest BCUT2D eigenvalue weighted by Gasteiger charge is -2.16. The maximum Gasteiger partial charge on any atom is 0.271 e. The minimum Gasteiger partial charge on any atom is -0.497 e. The number of rotatable bonds is 6. The van der Waals surface area contributed by atoms with Crippen molar-refractivity contribution >= 4 is 22.4 Å². The molecule has 1 amide bonds. The fourth-order valence-electron chi connectivity index (χ4n) is 2.68. The van der Waals surface area contributed by atoms with E-state index in [1.807, 2.05) is 26.0 Å². The number of aryl methyl sites for hydroxylation is 2. The number of thiazole rings is 1. The Morgan fingerprint density at radius 3 is 2.41 bits per heavy atom. The van der Waals surface area contributed by atoms with Gasteiger partial charge in [-0.1, -0.05) is 0 Å². The lowest BCUT2D eigenvalue weighted by molar-refractivity contribution is -0.119. The van der Waals surface area contributed by atoms with E-state index in [1.165, 1.54) is 24.5 Å². The SMILES string of the molecule is COc1ccc(-c2nn(C(C)C(=O)Nc3nc(C)c(C)s3)c(=O)cc2OC)cc1. The third-order valence-electron chi connectivity index (χ3n) is 4.51. The Morgan fingerprint density at radius 1 is 1.17 bits per heavy atom. The fourth-order valence-corrected chi connectivity index (χ4v) is 3.50. The van der Waals surface area contributed by atoms with Crippen LogP contribution in [0.1, 0.15) is 23.5 Å². The number of anilines is 1. The van der Waals surface area contributed by atoms with Gasteiger partial charge in [0.05, 0.1) is 19.9 Å². The monoisotopic (exact) mass is 414 g/mol. The topological polar surface area (TPSA) is 95.3 Å². The first kappa shape index (κ1) is 20.5. The van der Waals surface area contributed by atoms with Crippen LogP contribution in [0.15, 0.2) is 35.1 Å². The number of nitrogens with one attached hydrogen (secondary N) is 1. The van der Waals surface area contributed by atoms with E-state index in [0.717, 1.165) is 20.8 Å². The van der Waals surface area contributed by atoms with Gasteiger partial charge in [-0.25, -0.2) is 9.67 Å². The van der Waals surface area contributed by atoms with E-state index in [1.54, 1.807) is 26.2 Å². The number of carbonyl (C=O) groups is 1. The van der Waals surface area contributed by atoms with Crippen LogP contribution in [0.5, 0.6) is 11.5 Å². The average Bonchev–Trinajstić information content (AvgIpc) is 3.04. The molecule has 0 spiro atoms. The van der Waals surface area contributed by atoms with Crippen molar-refractivity contribution in [1.82, 2.24) is 14.8 Å². The number of nitrogens with zero attached hydrogens (tertiary/aromatic N) is 3. The van der Waals surface area contributed by atoms with Crippen LogP contribution in [0.2, 0.25) is 0 Å². The summed E-state index contributed by atoms with van der Waals surface area (Å²) in [4.78, 5) is 30.6. The molecule has 0 radical (unpaired) electrons. The minimum absolute atomic E-state index is 0.329. The molecule has 2 aromatic heterocycles. The van der Waals surface area contributed by atoms with Crippen LogP contribution >= 0.6 is 11.3 Å². The molecule has 8 nitrogen and oxygen atoms in total. The van der Waals surface area contributed by atoms with Gasteiger partial charge >= 0.3 is 0 Å². The van der Waals surface area contributed by atoms with Crippen molar-refractivity contribution in [3.63, 3.8) is 0 Å². The van der Waals surface area contributed by atoms with Crippen molar-refractivity contribution in [3.8, 4) is 22.8 Å². The van der Waals surface area contributed by atoms with Crippen LogP contribution in [0.4, 0.5) is 5.13 Å². The van der Waals surface area contributed by atoms with Crippen LogP contribution in [0.25, 0.3) is 11.3 Å². The number of benzene rings is 1. The van der Waals surface area contributed by atoms with Gasteiger partial charge in [-0.15, -0.1) is 11.3 Å². The van der Waals surface area contributed by atoms with Crippen LogP contribution in [0, 0.1) is 13.8 Å². The zero-order chi connectivity index (χ0) is 21.1. The van der Waals surface area contributed by atoms with Gasteiger partial charge in [0.25, 0.3) is 11.5 Å². The number of ether oxygens (including phenoxy) is 2. The highest BCUT2D eigenvalue weighted by atomic mass is 32.1. The summed E-state index contributed by atoms with van der Waals surface area (Å²) in [6.07, 6.45) is 0. The van der Waals surface area contributed by atoms with Crippen molar-refractivity contribution < 1.29 is 14.3 Å². The number of hydrogen-bond acceptors (Lipinski definition) is 7. The fraction of sp³-hybridized carbons (Fsp3) is 0.300. The molecule has 1 unspecified atom stereocenters.